The Kier molecular flexibility index (Phi) is 4.45. The van der Waals surface area contributed by atoms with Crippen molar-refractivity contribution in [2.45, 2.75) is 0 Å². The molecule has 1 radical (unpaired) electrons. The maximum atomic E-state index is 5.22. The van der Waals surface area contributed by atoms with Crippen molar-refractivity contribution in [3.8, 4) is 0 Å². The first-order valence-corrected chi connectivity index (χ1v) is 3.43. The molecule has 0 saturated carbocycles. The predicted molar refractivity (Wildman–Crippen MR) is 38.5 cm³/mol. The van der Waals surface area contributed by atoms with E-state index >= 15 is 0 Å². The summed E-state index contributed by atoms with van der Waals surface area (Å²) in [5, 5.41) is 0. The Morgan fingerprint density at radius 3 is 2.29 bits per heavy atom. The molecule has 0 aliphatic rings. The van der Waals surface area contributed by atoms with Crippen molar-refractivity contribution in [2.75, 3.05) is 26.4 Å². The smallest absolute Gasteiger partial charge is 0.00593 e. The Bertz CT molecular complexity index is 52.0. The second-order valence-corrected chi connectivity index (χ2v) is 2.52. The summed E-state index contributed by atoms with van der Waals surface area (Å²) in [7, 11) is 4.09. The van der Waals surface area contributed by atoms with Crippen molar-refractivity contribution in [1.82, 2.24) is 4.90 Å². The lowest BCUT2D eigenvalue weighted by atomic mass is 10.7. The second kappa shape index (κ2) is 4.34. The average molecular weight is 118 g/mol. The maximum Gasteiger partial charge on any atom is 0.00593 e. The SMILES string of the molecule is [CH]=[SH]CCN(C)C. The van der Waals surface area contributed by atoms with Gasteiger partial charge in [-0.25, -0.2) is 0 Å². The van der Waals surface area contributed by atoms with Gasteiger partial charge >= 0.3 is 0 Å². The fraction of sp³-hybridized carbons (Fsp3) is 0.800. The van der Waals surface area contributed by atoms with E-state index in [0.717, 1.165) is 23.6 Å². The fourth-order valence-corrected chi connectivity index (χ4v) is 0.773. The van der Waals surface area contributed by atoms with E-state index in [1.165, 1.54) is 0 Å². The monoisotopic (exact) mass is 118 g/mol. The molecule has 0 bridgehead atoms. The molecule has 0 spiro atoms. The molecule has 0 unspecified atom stereocenters. The van der Waals surface area contributed by atoms with Crippen LogP contribution in [0, 0.1) is 0 Å². The molecule has 0 aromatic heterocycles. The van der Waals surface area contributed by atoms with Crippen LogP contribution in [0.15, 0.2) is 0 Å². The van der Waals surface area contributed by atoms with E-state index in [2.05, 4.69) is 4.90 Å². The molecule has 0 aromatic carbocycles. The van der Waals surface area contributed by atoms with E-state index in [-0.39, 0.29) is 0 Å². The standard InChI is InChI=1S/C5H12NS/c1-6(2)4-5-7-3/h3,7H,4-5H2,1-2H3. The Morgan fingerprint density at radius 1 is 1.57 bits per heavy atom. The Hall–Kier alpha value is 0.180. The van der Waals surface area contributed by atoms with Crippen molar-refractivity contribution in [2.24, 2.45) is 0 Å². The van der Waals surface area contributed by atoms with Crippen LogP contribution >= 0.6 is 11.4 Å². The molecule has 0 rings (SSSR count). The molecule has 0 fully saturated rings. The van der Waals surface area contributed by atoms with Gasteiger partial charge in [-0.3, -0.25) is 0 Å². The lowest BCUT2D eigenvalue weighted by Crippen LogP contribution is -2.13. The number of thiol groups is 1. The van der Waals surface area contributed by atoms with Crippen LogP contribution < -0.4 is 0 Å². The van der Waals surface area contributed by atoms with Gasteiger partial charge in [0.05, 0.1) is 0 Å². The molecule has 0 aromatic rings. The summed E-state index contributed by atoms with van der Waals surface area (Å²) in [5.74, 6) is 6.30. The summed E-state index contributed by atoms with van der Waals surface area (Å²) in [4.78, 5) is 2.12. The number of nitrogens with zero attached hydrogens (tertiary/aromatic N) is 1. The van der Waals surface area contributed by atoms with Gasteiger partial charge < -0.3 is 4.90 Å². The Morgan fingerprint density at radius 2 is 2.14 bits per heavy atom. The molecular weight excluding hydrogens is 106 g/mol. The predicted octanol–water partition coefficient (Wildman–Crippen LogP) is 0.323. The molecule has 0 aliphatic carbocycles. The summed E-state index contributed by atoms with van der Waals surface area (Å²) < 4.78 is 0. The summed E-state index contributed by atoms with van der Waals surface area (Å²) in [6, 6.07) is 0. The molecular formula is C5H12NS. The molecule has 7 heavy (non-hydrogen) atoms. The lowest BCUT2D eigenvalue weighted by Gasteiger charge is -2.04. The van der Waals surface area contributed by atoms with Crippen LogP contribution in [0.4, 0.5) is 0 Å². The minimum atomic E-state index is 0.999. The molecule has 0 aliphatic heterocycles. The molecule has 2 heteroatoms. The number of hydrogen-bond acceptors (Lipinski definition) is 1. The molecule has 1 nitrogen and oxygen atoms in total. The summed E-state index contributed by atoms with van der Waals surface area (Å²) in [6.45, 7) is 1.10. The number of hydrogen-bond donors (Lipinski definition) is 1. The van der Waals surface area contributed by atoms with Crippen molar-refractivity contribution in [1.29, 1.82) is 0 Å². The van der Waals surface area contributed by atoms with Crippen molar-refractivity contribution in [3.63, 3.8) is 0 Å². The highest BCUT2D eigenvalue weighted by atomic mass is 32.1. The topological polar surface area (TPSA) is 3.24 Å². The minimum absolute atomic E-state index is 0.999. The minimum Gasteiger partial charge on any atom is -0.309 e. The summed E-state index contributed by atoms with van der Waals surface area (Å²) in [6.07, 6.45) is 0. The van der Waals surface area contributed by atoms with Gasteiger partial charge in [-0.1, -0.05) is 0 Å². The average Bonchev–Trinajstić information content (AvgIpc) is 1.61. The van der Waals surface area contributed by atoms with E-state index in [0.29, 0.717) is 0 Å². The summed E-state index contributed by atoms with van der Waals surface area (Å²) >= 11 is 0.999. The van der Waals surface area contributed by atoms with Gasteiger partial charge in [0.25, 0.3) is 0 Å². The van der Waals surface area contributed by atoms with Crippen LogP contribution in [0.2, 0.25) is 0 Å². The normalized spacial score (nSPS) is 10.1. The van der Waals surface area contributed by atoms with Crippen molar-refractivity contribution < 1.29 is 0 Å². The van der Waals surface area contributed by atoms with Crippen LogP contribution in [0.3, 0.4) is 0 Å². The van der Waals surface area contributed by atoms with E-state index < -0.39 is 0 Å². The van der Waals surface area contributed by atoms with Crippen LogP contribution in [0.1, 0.15) is 0 Å². The Labute approximate surface area is 49.3 Å². The zero-order chi connectivity index (χ0) is 5.70. The van der Waals surface area contributed by atoms with Gasteiger partial charge in [0.1, 0.15) is 0 Å². The third-order valence-corrected chi connectivity index (χ3v) is 1.13. The van der Waals surface area contributed by atoms with E-state index in [9.17, 15) is 0 Å². The van der Waals surface area contributed by atoms with Crippen LogP contribution in [0.5, 0.6) is 0 Å². The third kappa shape index (κ3) is 6.18. The van der Waals surface area contributed by atoms with Gasteiger partial charge in [-0.2, -0.15) is 11.4 Å². The van der Waals surface area contributed by atoms with Crippen molar-refractivity contribution in [3.05, 3.63) is 0 Å². The maximum absolute atomic E-state index is 5.22. The third-order valence-electron chi connectivity index (χ3n) is 0.676. The van der Waals surface area contributed by atoms with Gasteiger partial charge in [0, 0.05) is 6.54 Å². The largest absolute Gasteiger partial charge is 0.309 e. The first-order valence-electron chi connectivity index (χ1n) is 2.29. The number of rotatable bonds is 3. The quantitative estimate of drug-likeness (QED) is 0.412. The van der Waals surface area contributed by atoms with Gasteiger partial charge in [0.2, 0.25) is 0 Å². The fourth-order valence-electron chi connectivity index (χ4n) is 0.258. The second-order valence-electron chi connectivity index (χ2n) is 1.71. The van der Waals surface area contributed by atoms with Crippen LogP contribution in [0.25, 0.3) is 0 Å². The molecule has 0 saturated heterocycles. The molecule has 0 heterocycles. The molecule has 0 amide bonds. The molecule has 0 atom stereocenters. The van der Waals surface area contributed by atoms with Crippen LogP contribution in [-0.4, -0.2) is 37.2 Å². The first kappa shape index (κ1) is 7.18. The van der Waals surface area contributed by atoms with Gasteiger partial charge in [-0.15, -0.1) is 0 Å². The summed E-state index contributed by atoms with van der Waals surface area (Å²) in [5.41, 5.74) is 0. The highest BCUT2D eigenvalue weighted by molar-refractivity contribution is 7.96. The Balaban J connectivity index is 2.81. The zero-order valence-corrected chi connectivity index (χ0v) is 5.78. The van der Waals surface area contributed by atoms with Crippen LogP contribution in [-0.2, 0) is 0 Å². The van der Waals surface area contributed by atoms with E-state index in [4.69, 9.17) is 5.87 Å². The van der Waals surface area contributed by atoms with E-state index in [1.54, 1.807) is 0 Å². The lowest BCUT2D eigenvalue weighted by molar-refractivity contribution is 0.438. The van der Waals surface area contributed by atoms with Gasteiger partial charge in [0.15, 0.2) is 0 Å². The highest BCUT2D eigenvalue weighted by Gasteiger charge is 1.81. The molecule has 43 valence electrons. The van der Waals surface area contributed by atoms with Gasteiger partial charge in [-0.05, 0) is 25.7 Å². The molecule has 0 N–H and O–H groups in total. The highest BCUT2D eigenvalue weighted by Crippen LogP contribution is 1.80. The van der Waals surface area contributed by atoms with Crippen molar-refractivity contribution >= 4 is 17.2 Å². The van der Waals surface area contributed by atoms with E-state index in [1.807, 2.05) is 14.1 Å². The first-order chi connectivity index (χ1) is 3.27. The zero-order valence-electron chi connectivity index (χ0n) is 4.89.